The molecular weight excluding hydrogens is 882 g/mol. The molecule has 16 heteroatoms. The second-order valence-electron chi connectivity index (χ2n) is 20.2. The minimum absolute atomic E-state index is 0.0880. The molecule has 0 aliphatic carbocycles. The number of benzene rings is 1. The summed E-state index contributed by atoms with van der Waals surface area (Å²) in [6, 6.07) is 11.5. The largest absolute Gasteiger partial charge is 0.0750 e. The van der Waals surface area contributed by atoms with Crippen molar-refractivity contribution in [2.45, 2.75) is 187 Å². The topological polar surface area (TPSA) is 0 Å². The Morgan fingerprint density at radius 2 is 0.788 bits per heavy atom. The third-order valence-corrected chi connectivity index (χ3v) is 78.1. The lowest BCUT2D eigenvalue weighted by Gasteiger charge is -2.17. The molecule has 0 aromatic heterocycles. The van der Waals surface area contributed by atoms with Gasteiger partial charge in [-0.3, -0.25) is 0 Å². The smallest absolute Gasteiger partial charge is 0.0649 e. The highest BCUT2D eigenvalue weighted by Gasteiger charge is 2.16. The lowest BCUT2D eigenvalue weighted by Crippen LogP contribution is -2.35. The first-order valence-electron chi connectivity index (χ1n) is 23.2. The average molecular weight is 989 g/mol. The molecule has 1 rings (SSSR count). The molecule has 0 saturated heterocycles. The summed E-state index contributed by atoms with van der Waals surface area (Å²) in [5.41, 5.74) is 18.7. The first kappa shape index (κ1) is 61.4. The highest BCUT2D eigenvalue weighted by molar-refractivity contribution is 6.90. The summed E-state index contributed by atoms with van der Waals surface area (Å²) in [4.78, 5) is 0. The summed E-state index contributed by atoms with van der Waals surface area (Å²) >= 11 is 0. The standard InChI is InChI=1S/C13H28Si4.C9H28Si4.C7H24Si4.C4H14Si2.C3H12Si2/c1-15(2)10-14-11-17(12-16(3)4)13-8-6-5-7-9-13;1-10(2)7-12(5)9-13(6)8-11(3)4;1-10(2)6-8-5-9-7-11(3)4;1-5-4-6(2)3;1-5(2)3-4/h5-9,15-17H,10-12,14H2,1-4H3;10-13H,7-9H2,1-6H3;10-11H,5-9H2,1-4H3;6H,4-5H2,1-3H3;5H,3H2,1-2,4H3. The van der Waals surface area contributed by atoms with E-state index in [0.29, 0.717) is 28.6 Å². The van der Waals surface area contributed by atoms with Crippen molar-refractivity contribution in [3.8, 4) is 0 Å². The van der Waals surface area contributed by atoms with Crippen molar-refractivity contribution in [2.24, 2.45) is 0 Å². The van der Waals surface area contributed by atoms with Crippen molar-refractivity contribution in [3.05, 3.63) is 30.3 Å². The normalized spacial score (nSPS) is 14.0. The molecular formula is C36H106Si16. The van der Waals surface area contributed by atoms with Crippen molar-refractivity contribution in [3.63, 3.8) is 0 Å². The molecule has 0 radical (unpaired) electrons. The van der Waals surface area contributed by atoms with E-state index in [4.69, 9.17) is 0 Å². The van der Waals surface area contributed by atoms with E-state index in [1.165, 1.54) is 10.2 Å². The van der Waals surface area contributed by atoms with Crippen LogP contribution in [-0.4, -0.2) is 145 Å². The quantitative estimate of drug-likeness (QED) is 0.113. The van der Waals surface area contributed by atoms with E-state index >= 15 is 0 Å². The van der Waals surface area contributed by atoms with E-state index in [1.807, 2.05) is 0 Å². The van der Waals surface area contributed by atoms with Gasteiger partial charge in [0.2, 0.25) is 0 Å². The zero-order valence-corrected chi connectivity index (χ0v) is 60.7. The van der Waals surface area contributed by atoms with Crippen molar-refractivity contribution in [1.29, 1.82) is 0 Å². The third kappa shape index (κ3) is 57.0. The second-order valence-corrected chi connectivity index (χ2v) is 77.3. The van der Waals surface area contributed by atoms with Gasteiger partial charge in [-0.2, -0.15) is 0 Å². The van der Waals surface area contributed by atoms with Crippen LogP contribution in [0.1, 0.15) is 0 Å². The summed E-state index contributed by atoms with van der Waals surface area (Å²) in [5.74, 6) is 0. The van der Waals surface area contributed by atoms with Gasteiger partial charge < -0.3 is 0 Å². The maximum Gasteiger partial charge on any atom is 0.0649 e. The lowest BCUT2D eigenvalue weighted by atomic mass is 10.4. The number of hydrogen-bond donors (Lipinski definition) is 0. The Morgan fingerprint density at radius 3 is 1.08 bits per heavy atom. The summed E-state index contributed by atoms with van der Waals surface area (Å²) < 4.78 is 0. The van der Waals surface area contributed by atoms with E-state index in [9.17, 15) is 0 Å². The van der Waals surface area contributed by atoms with Gasteiger partial charge >= 0.3 is 0 Å². The first-order chi connectivity index (χ1) is 24.2. The Balaban J connectivity index is -0.000000295. The van der Waals surface area contributed by atoms with Gasteiger partial charge in [0.25, 0.3) is 0 Å². The number of rotatable bonds is 22. The predicted molar refractivity (Wildman–Crippen MR) is 313 cm³/mol. The first-order valence-corrected chi connectivity index (χ1v) is 65.8. The van der Waals surface area contributed by atoms with Gasteiger partial charge in [-0.25, -0.2) is 0 Å². The molecule has 3 unspecified atom stereocenters. The maximum atomic E-state index is 2.62. The van der Waals surface area contributed by atoms with Gasteiger partial charge in [0.15, 0.2) is 0 Å². The Hall–Kier alpha value is 2.69. The average Bonchev–Trinajstić information content (AvgIpc) is 3.00. The molecule has 0 bridgehead atoms. The fourth-order valence-electron chi connectivity index (χ4n) is 6.84. The summed E-state index contributed by atoms with van der Waals surface area (Å²) in [6.07, 6.45) is 0. The fourth-order valence-corrected chi connectivity index (χ4v) is 69.4. The Morgan fingerprint density at radius 1 is 0.423 bits per heavy atom. The van der Waals surface area contributed by atoms with Crippen molar-refractivity contribution >= 4 is 150 Å². The Kier molecular flexibility index (Phi) is 51.1. The van der Waals surface area contributed by atoms with Gasteiger partial charge in [-0.05, 0) is 10.2 Å². The van der Waals surface area contributed by atoms with E-state index in [2.05, 4.69) is 155 Å². The molecule has 314 valence electrons. The molecule has 0 heterocycles. The minimum Gasteiger partial charge on any atom is -0.0750 e. The molecule has 1 aromatic rings. The summed E-state index contributed by atoms with van der Waals surface area (Å²) in [6.45, 7) is 47.5. The molecule has 3 atom stereocenters. The fraction of sp³-hybridized carbons (Fsp3) is 0.833. The molecule has 0 saturated carbocycles. The molecule has 0 fully saturated rings. The zero-order chi connectivity index (χ0) is 41.1. The van der Waals surface area contributed by atoms with Crippen LogP contribution >= 0.6 is 0 Å². The summed E-state index contributed by atoms with van der Waals surface area (Å²) in [7, 11) is 0.476. The SMILES string of the molecule is C[SiH2]C[SiH](C)C.C[SiH](C)C[SiH2]C[SiH2]C[SiH](C)C.C[SiH](C)C[SiH2]C[SiH](C[SiH](C)C)c1ccccc1.C[SiH](C)C[SiH3].C[SiH](C)C[SiH](C)C[SiH](C)C[SiH](C)C. The van der Waals surface area contributed by atoms with E-state index < -0.39 is 8.80 Å². The van der Waals surface area contributed by atoms with Crippen LogP contribution in [0.4, 0.5) is 0 Å². The lowest BCUT2D eigenvalue weighted by molar-refractivity contribution is 1.59. The molecule has 0 aliphatic rings. The third-order valence-electron chi connectivity index (χ3n) is 9.66. The van der Waals surface area contributed by atoms with Gasteiger partial charge in [0.1, 0.15) is 0 Å². The molecule has 0 N–H and O–H groups in total. The van der Waals surface area contributed by atoms with Crippen LogP contribution in [0.2, 0.25) is 187 Å². The molecule has 52 heavy (non-hydrogen) atoms. The van der Waals surface area contributed by atoms with Gasteiger partial charge in [0, 0.05) is 126 Å². The van der Waals surface area contributed by atoms with E-state index in [-0.39, 0.29) is 97.5 Å². The van der Waals surface area contributed by atoms with Crippen LogP contribution in [0.25, 0.3) is 0 Å². The molecule has 1 aromatic carbocycles. The zero-order valence-electron chi connectivity index (χ0n) is 40.3. The van der Waals surface area contributed by atoms with Gasteiger partial charge in [-0.1, -0.05) is 222 Å². The van der Waals surface area contributed by atoms with Crippen molar-refractivity contribution in [1.82, 2.24) is 0 Å². The highest BCUT2D eigenvalue weighted by Crippen LogP contribution is 2.10. The number of hydrogen-bond acceptors (Lipinski definition) is 0. The highest BCUT2D eigenvalue weighted by atomic mass is 28.4. The molecule has 0 spiro atoms. The van der Waals surface area contributed by atoms with Crippen molar-refractivity contribution in [2.75, 3.05) is 0 Å². The summed E-state index contributed by atoms with van der Waals surface area (Å²) in [5, 5.41) is 1.76. The van der Waals surface area contributed by atoms with Crippen LogP contribution < -0.4 is 5.19 Å². The minimum atomic E-state index is -0.563. The van der Waals surface area contributed by atoms with Gasteiger partial charge in [0.05, 0.1) is 8.80 Å². The van der Waals surface area contributed by atoms with E-state index in [1.54, 1.807) is 67.5 Å². The van der Waals surface area contributed by atoms with Crippen LogP contribution in [0.5, 0.6) is 0 Å². The molecule has 0 amide bonds. The predicted octanol–water partition coefficient (Wildman–Crippen LogP) is 5.04. The van der Waals surface area contributed by atoms with Crippen molar-refractivity contribution < 1.29 is 0 Å². The van der Waals surface area contributed by atoms with Crippen LogP contribution in [-0.2, 0) is 0 Å². The van der Waals surface area contributed by atoms with E-state index in [0.717, 1.165) is 0 Å². The Bertz CT molecular complexity index is 787. The van der Waals surface area contributed by atoms with Crippen LogP contribution in [0, 0.1) is 0 Å². The second kappa shape index (κ2) is 43.3. The van der Waals surface area contributed by atoms with Crippen LogP contribution in [0.15, 0.2) is 30.3 Å². The monoisotopic (exact) mass is 986 g/mol. The maximum absolute atomic E-state index is 2.62. The molecule has 0 aliphatic heterocycles. The Labute approximate surface area is 364 Å². The van der Waals surface area contributed by atoms with Crippen LogP contribution in [0.3, 0.4) is 0 Å². The molecule has 0 nitrogen and oxygen atoms in total. The van der Waals surface area contributed by atoms with Gasteiger partial charge in [-0.15, -0.1) is 0 Å².